The highest BCUT2D eigenvalue weighted by Crippen LogP contribution is 2.42. The summed E-state index contributed by atoms with van der Waals surface area (Å²) in [6.07, 6.45) is 1.99. The lowest BCUT2D eigenvalue weighted by Gasteiger charge is -2.10. The fraction of sp³-hybridized carbons (Fsp3) is 0.111. The van der Waals surface area contributed by atoms with Crippen molar-refractivity contribution in [3.63, 3.8) is 0 Å². The van der Waals surface area contributed by atoms with Crippen molar-refractivity contribution in [2.24, 2.45) is 0 Å². The van der Waals surface area contributed by atoms with Crippen molar-refractivity contribution in [2.75, 3.05) is 5.73 Å². The topological polar surface area (TPSA) is 121 Å². The molecule has 0 unspecified atom stereocenters. The number of nitrogens with zero attached hydrogens (tertiary/aromatic N) is 3. The first-order valence-electron chi connectivity index (χ1n) is 10.3. The molecule has 4 rings (SSSR count). The lowest BCUT2D eigenvalue weighted by Crippen LogP contribution is -2.20. The van der Waals surface area contributed by atoms with Crippen molar-refractivity contribution < 1.29 is 9.72 Å². The largest absolute Gasteiger partial charge is 0.489 e. The predicted octanol–water partition coefficient (Wildman–Crippen LogP) is 4.56. The van der Waals surface area contributed by atoms with Crippen LogP contribution >= 0.6 is 0 Å². The Balaban J connectivity index is 1.65. The summed E-state index contributed by atoms with van der Waals surface area (Å²) in [7, 11) is 0. The Hall–Kier alpha value is -4.86. The van der Waals surface area contributed by atoms with E-state index in [9.17, 15) is 15.8 Å². The van der Waals surface area contributed by atoms with Crippen LogP contribution in [0.15, 0.2) is 54.1 Å². The zero-order chi connectivity index (χ0) is 23.5. The van der Waals surface area contributed by atoms with E-state index in [4.69, 9.17) is 10.5 Å². The minimum absolute atomic E-state index is 0.259. The molecule has 0 amide bonds. The van der Waals surface area contributed by atoms with E-state index in [1.165, 1.54) is 0 Å². The summed E-state index contributed by atoms with van der Waals surface area (Å²) in [6, 6.07) is 21.5. The van der Waals surface area contributed by atoms with Gasteiger partial charge < -0.3 is 4.74 Å². The molecule has 0 fully saturated rings. The first kappa shape index (κ1) is 21.4. The number of hydrogen-bond donors (Lipinski definition) is 1. The molecule has 0 radical (unpaired) electrons. The van der Waals surface area contributed by atoms with Gasteiger partial charge in [-0.2, -0.15) is 15.8 Å². The summed E-state index contributed by atoms with van der Waals surface area (Å²) in [4.78, 5) is 3.04. The molecule has 0 saturated heterocycles. The molecular formula is C27H20N5O+. The van der Waals surface area contributed by atoms with Gasteiger partial charge in [-0.15, -0.1) is 0 Å². The van der Waals surface area contributed by atoms with Crippen LogP contribution in [0.5, 0.6) is 5.75 Å². The van der Waals surface area contributed by atoms with Crippen LogP contribution in [0, 0.1) is 40.9 Å². The number of nitrogens with two attached hydrogens (primary N) is 1. The minimum atomic E-state index is 0.259. The van der Waals surface area contributed by atoms with Crippen LogP contribution in [0.25, 0.3) is 17.2 Å². The molecular weight excluding hydrogens is 410 g/mol. The number of allylic oxidation sites excluding steroid dienone is 3. The number of anilines is 1. The average molecular weight is 430 g/mol. The number of benzene rings is 2. The van der Waals surface area contributed by atoms with Gasteiger partial charge in [-0.3, -0.25) is 5.73 Å². The van der Waals surface area contributed by atoms with Gasteiger partial charge in [-0.05, 0) is 60.4 Å². The molecule has 33 heavy (non-hydrogen) atoms. The van der Waals surface area contributed by atoms with E-state index in [1.807, 2.05) is 62.4 Å². The zero-order valence-electron chi connectivity index (χ0n) is 18.2. The Bertz CT molecular complexity index is 1460. The van der Waals surface area contributed by atoms with Gasteiger partial charge in [0.25, 0.3) is 5.82 Å². The molecule has 0 aliphatic heterocycles. The van der Waals surface area contributed by atoms with E-state index in [1.54, 1.807) is 6.07 Å². The van der Waals surface area contributed by atoms with Crippen LogP contribution in [0.4, 0.5) is 5.82 Å². The molecule has 2 aromatic carbocycles. The maximum Gasteiger partial charge on any atom is 0.289 e. The van der Waals surface area contributed by atoms with Crippen LogP contribution in [0.3, 0.4) is 0 Å². The molecule has 1 heterocycles. The van der Waals surface area contributed by atoms with Gasteiger partial charge in [-0.25, -0.2) is 4.98 Å². The summed E-state index contributed by atoms with van der Waals surface area (Å²) < 4.78 is 5.85. The SMILES string of the molecule is CC1=C(C#N)c2[nH+]c(N)c(C#N)c(C)c2/C1=C/c1ccc(OCc2ccccc2C#N)cc1. The van der Waals surface area contributed by atoms with Crippen molar-refractivity contribution in [1.82, 2.24) is 0 Å². The number of aromatic nitrogens is 1. The maximum atomic E-state index is 9.70. The molecule has 3 aromatic rings. The highest BCUT2D eigenvalue weighted by atomic mass is 16.5. The minimum Gasteiger partial charge on any atom is -0.489 e. The molecule has 0 saturated carbocycles. The van der Waals surface area contributed by atoms with E-state index in [2.05, 4.69) is 23.2 Å². The number of pyridine rings is 1. The number of aromatic amines is 1. The van der Waals surface area contributed by atoms with Crippen molar-refractivity contribution in [1.29, 1.82) is 15.8 Å². The predicted molar refractivity (Wildman–Crippen MR) is 125 cm³/mol. The number of ether oxygens (including phenoxy) is 1. The number of nitrogens with one attached hydrogen (secondary N) is 1. The summed E-state index contributed by atoms with van der Waals surface area (Å²) >= 11 is 0. The molecule has 1 aliphatic rings. The van der Waals surface area contributed by atoms with Crippen LogP contribution < -0.4 is 15.5 Å². The molecule has 6 heteroatoms. The Morgan fingerprint density at radius 3 is 2.36 bits per heavy atom. The second-order valence-corrected chi connectivity index (χ2v) is 7.70. The van der Waals surface area contributed by atoms with Crippen molar-refractivity contribution >= 4 is 23.0 Å². The summed E-state index contributed by atoms with van der Waals surface area (Å²) in [5.41, 5.74) is 13.2. The highest BCUT2D eigenvalue weighted by molar-refractivity contribution is 6.07. The summed E-state index contributed by atoms with van der Waals surface area (Å²) in [5.74, 6) is 0.945. The number of nitriles is 3. The Kier molecular flexibility index (Phi) is 5.64. The number of fused-ring (bicyclic) bond motifs is 1. The van der Waals surface area contributed by atoms with Crippen LogP contribution in [-0.4, -0.2) is 0 Å². The average Bonchev–Trinajstić information content (AvgIpc) is 3.09. The molecule has 158 valence electrons. The first-order chi connectivity index (χ1) is 16.0. The smallest absolute Gasteiger partial charge is 0.289 e. The Morgan fingerprint density at radius 2 is 1.70 bits per heavy atom. The lowest BCUT2D eigenvalue weighted by molar-refractivity contribution is -0.364. The summed E-state index contributed by atoms with van der Waals surface area (Å²) in [5, 5.41) is 28.4. The third-order valence-electron chi connectivity index (χ3n) is 5.77. The van der Waals surface area contributed by atoms with Gasteiger partial charge >= 0.3 is 0 Å². The van der Waals surface area contributed by atoms with Gasteiger partial charge in [0.15, 0.2) is 5.69 Å². The number of nitrogen functional groups attached to an aromatic ring is 1. The first-order valence-corrected chi connectivity index (χ1v) is 10.3. The third kappa shape index (κ3) is 3.81. The monoisotopic (exact) mass is 430 g/mol. The van der Waals surface area contributed by atoms with Crippen molar-refractivity contribution in [3.05, 3.63) is 93.2 Å². The Labute approximate surface area is 192 Å². The van der Waals surface area contributed by atoms with E-state index in [0.717, 1.165) is 33.4 Å². The van der Waals surface area contributed by atoms with Crippen molar-refractivity contribution in [2.45, 2.75) is 20.5 Å². The normalized spacial score (nSPS) is 13.2. The fourth-order valence-electron chi connectivity index (χ4n) is 4.02. The van der Waals surface area contributed by atoms with E-state index < -0.39 is 0 Å². The van der Waals surface area contributed by atoms with Gasteiger partial charge in [-0.1, -0.05) is 30.3 Å². The van der Waals surface area contributed by atoms with Crippen LogP contribution in [0.1, 0.15) is 46.0 Å². The number of hydrogen-bond acceptors (Lipinski definition) is 5. The van der Waals surface area contributed by atoms with Gasteiger partial charge in [0.1, 0.15) is 35.6 Å². The molecule has 6 nitrogen and oxygen atoms in total. The van der Waals surface area contributed by atoms with Crippen LogP contribution in [-0.2, 0) is 6.61 Å². The number of rotatable bonds is 4. The van der Waals surface area contributed by atoms with E-state index >= 15 is 0 Å². The van der Waals surface area contributed by atoms with Gasteiger partial charge in [0, 0.05) is 11.1 Å². The van der Waals surface area contributed by atoms with E-state index in [-0.39, 0.29) is 5.82 Å². The quantitative estimate of drug-likeness (QED) is 0.650. The zero-order valence-corrected chi connectivity index (χ0v) is 18.2. The second kappa shape index (κ2) is 8.71. The molecule has 1 aliphatic carbocycles. The molecule has 3 N–H and O–H groups in total. The van der Waals surface area contributed by atoms with E-state index in [0.29, 0.717) is 34.8 Å². The maximum absolute atomic E-state index is 9.70. The van der Waals surface area contributed by atoms with Gasteiger partial charge in [0.05, 0.1) is 11.6 Å². The number of H-pyrrole nitrogens is 1. The fourth-order valence-corrected chi connectivity index (χ4v) is 4.02. The van der Waals surface area contributed by atoms with Gasteiger partial charge in [0.2, 0.25) is 0 Å². The summed E-state index contributed by atoms with van der Waals surface area (Å²) in [6.45, 7) is 4.04. The molecule has 1 aromatic heterocycles. The lowest BCUT2D eigenvalue weighted by atomic mass is 9.95. The van der Waals surface area contributed by atoms with Crippen LogP contribution in [0.2, 0.25) is 0 Å². The molecule has 0 atom stereocenters. The molecule has 0 spiro atoms. The molecule has 0 bridgehead atoms. The standard InChI is InChI=1S/C27H19N5O/c1-16-22(25-17(2)24(14-30)27(31)32-26(25)23(16)13-29)11-18-7-9-21(10-8-18)33-15-20-6-4-3-5-19(20)12-28/h3-11H,15H2,1-2H3,(H2,31,32)/p+1/b22-11+. The second-order valence-electron chi connectivity index (χ2n) is 7.70. The Morgan fingerprint density at radius 1 is 0.970 bits per heavy atom. The highest BCUT2D eigenvalue weighted by Gasteiger charge is 2.32. The third-order valence-corrected chi connectivity index (χ3v) is 5.77. The van der Waals surface area contributed by atoms with Crippen molar-refractivity contribution in [3.8, 4) is 24.0 Å².